The summed E-state index contributed by atoms with van der Waals surface area (Å²) in [6, 6.07) is 12.1. The number of carbonyl (C=O) groups excluding carboxylic acids is 8. The molecule has 25 heteroatoms. The van der Waals surface area contributed by atoms with Crippen molar-refractivity contribution in [2.75, 3.05) is 73.9 Å². The van der Waals surface area contributed by atoms with Crippen molar-refractivity contribution in [3.8, 4) is 70.4 Å². The van der Waals surface area contributed by atoms with Gasteiger partial charge in [0.1, 0.15) is 61.6 Å². The van der Waals surface area contributed by atoms with Gasteiger partial charge < -0.3 is 80.7 Å². The Morgan fingerprint density at radius 2 is 0.724 bits per heavy atom. The molecule has 2 fully saturated rings. The lowest BCUT2D eigenvalue weighted by atomic mass is 9.98. The molecule has 464 valence electrons. The zero-order valence-electron chi connectivity index (χ0n) is 50.4. The van der Waals surface area contributed by atoms with Crippen molar-refractivity contribution >= 4 is 53.4 Å². The normalized spacial score (nSPS) is 20.7. The molecule has 0 aliphatic carbocycles. The van der Waals surface area contributed by atoms with Gasteiger partial charge in [-0.05, 0) is 18.2 Å². The quantitative estimate of drug-likeness (QED) is 0.0943. The SMILES string of the molecule is COc1cc(C#Cc2ccc(C#Cc3cc(OC)c(C#CCO[C@@H]4O[C@H](COC(C)=O)[C@@H](OC(C)=O)[C@H](OC(C)=O)[C@H]4OC(C)=O)cc3OC)c(N(C)C)c2)c(OC)cc1C#CCO[C@@H]1O[C@H](COC(C)=O)[C@@H](OC(C)=O)[C@H](OC(C)=O)[C@H]1OC(C)=O. The Balaban J connectivity index is 1.36. The predicted octanol–water partition coefficient (Wildman–Crippen LogP) is 3.49. The Morgan fingerprint density at radius 1 is 0.402 bits per heavy atom. The standard InChI is InChI=1S/C62H67NO24/c1-34(64)78-32-53-55(80-36(3)66)57(82-38(5)68)59(84-40(7)70)61(86-53)76-25-15-17-44-28-51(74-13)46(30-49(44)72-11)22-20-42-19-21-43(48(27-42)63(9)10)23-24-47-31-50(73-12)45(29-52(47)75-14)18-16-26-77-62-60(85-41(8)71)58(83-39(6)69)56(81-37(4)67)54(87-62)33-79-35(2)65/h19,21,27-31,53-62H,25-26,32-33H2,1-14H3/t53-,54-,55-,56-,57+,58+,59-,60-,61-,62-/m1/s1. The van der Waals surface area contributed by atoms with E-state index in [0.717, 1.165) is 61.1 Å². The number of esters is 8. The third kappa shape index (κ3) is 20.1. The summed E-state index contributed by atoms with van der Waals surface area (Å²) in [5.74, 6) is 19.8. The number of benzene rings is 3. The molecule has 2 aliphatic rings. The lowest BCUT2D eigenvalue weighted by Gasteiger charge is -2.43. The van der Waals surface area contributed by atoms with Crippen LogP contribution in [0.5, 0.6) is 23.0 Å². The van der Waals surface area contributed by atoms with Gasteiger partial charge in [-0.25, -0.2) is 0 Å². The number of nitrogens with zero attached hydrogens (tertiary/aromatic N) is 1. The van der Waals surface area contributed by atoms with Gasteiger partial charge in [-0.1, -0.05) is 47.4 Å². The molecule has 25 nitrogen and oxygen atoms in total. The highest BCUT2D eigenvalue weighted by Crippen LogP contribution is 2.34. The van der Waals surface area contributed by atoms with E-state index >= 15 is 0 Å². The third-order valence-electron chi connectivity index (χ3n) is 12.2. The van der Waals surface area contributed by atoms with E-state index in [1.807, 2.05) is 31.1 Å². The van der Waals surface area contributed by atoms with E-state index in [0.29, 0.717) is 56.4 Å². The summed E-state index contributed by atoms with van der Waals surface area (Å²) in [5.41, 5.74) is 3.72. The Morgan fingerprint density at radius 3 is 1.06 bits per heavy atom. The number of ether oxygens (including phenoxy) is 16. The number of carbonyl (C=O) groups is 8. The first kappa shape index (κ1) is 68.3. The minimum Gasteiger partial charge on any atom is -0.495 e. The predicted molar refractivity (Wildman–Crippen MR) is 301 cm³/mol. The fourth-order valence-electron chi connectivity index (χ4n) is 8.70. The molecule has 0 amide bonds. The lowest BCUT2D eigenvalue weighted by molar-refractivity contribution is -0.305. The summed E-state index contributed by atoms with van der Waals surface area (Å²) in [7, 11) is 9.57. The maximum atomic E-state index is 12.3. The van der Waals surface area contributed by atoms with Gasteiger partial charge in [0.25, 0.3) is 0 Å². The average molecular weight is 1210 g/mol. The fourth-order valence-corrected chi connectivity index (χ4v) is 8.70. The molecule has 0 aromatic heterocycles. The molecule has 0 radical (unpaired) electrons. The lowest BCUT2D eigenvalue weighted by Crippen LogP contribution is -2.63. The molecule has 3 aromatic carbocycles. The molecule has 0 bridgehead atoms. The summed E-state index contributed by atoms with van der Waals surface area (Å²) in [5, 5.41) is 0. The highest BCUT2D eigenvalue weighted by molar-refractivity contribution is 5.71. The molecule has 2 heterocycles. The van der Waals surface area contributed by atoms with Crippen molar-refractivity contribution in [3.63, 3.8) is 0 Å². The monoisotopic (exact) mass is 1210 g/mol. The highest BCUT2D eigenvalue weighted by Gasteiger charge is 2.54. The maximum absolute atomic E-state index is 12.3. The number of anilines is 1. The highest BCUT2D eigenvalue weighted by atomic mass is 16.7. The molecule has 2 aliphatic heterocycles. The largest absolute Gasteiger partial charge is 0.495 e. The van der Waals surface area contributed by atoms with Gasteiger partial charge in [-0.2, -0.15) is 0 Å². The second-order valence-electron chi connectivity index (χ2n) is 19.0. The Bertz CT molecular complexity index is 3310. The van der Waals surface area contributed by atoms with Crippen molar-refractivity contribution in [1.82, 2.24) is 0 Å². The van der Waals surface area contributed by atoms with Gasteiger partial charge in [0, 0.05) is 105 Å². The second-order valence-corrected chi connectivity index (χ2v) is 19.0. The Hall–Kier alpha value is -9.50. The van der Waals surface area contributed by atoms with Gasteiger partial charge in [0.2, 0.25) is 0 Å². The van der Waals surface area contributed by atoms with Crippen LogP contribution in [0.25, 0.3) is 0 Å². The topological polar surface area (TPSA) is 287 Å². The van der Waals surface area contributed by atoms with E-state index < -0.39 is 122 Å². The molecule has 5 rings (SSSR count). The van der Waals surface area contributed by atoms with Crippen LogP contribution < -0.4 is 23.8 Å². The molecule has 0 saturated carbocycles. The number of methoxy groups -OCH3 is 4. The first-order valence-corrected chi connectivity index (χ1v) is 26.6. The molecule has 0 unspecified atom stereocenters. The van der Waals surface area contributed by atoms with Crippen LogP contribution in [0.1, 0.15) is 88.8 Å². The van der Waals surface area contributed by atoms with Gasteiger partial charge in [-0.15, -0.1) is 0 Å². The van der Waals surface area contributed by atoms with Gasteiger partial charge in [-0.3, -0.25) is 38.4 Å². The van der Waals surface area contributed by atoms with E-state index in [1.165, 1.54) is 28.4 Å². The summed E-state index contributed by atoms with van der Waals surface area (Å²) in [4.78, 5) is 98.6. The van der Waals surface area contributed by atoms with E-state index in [2.05, 4.69) is 47.4 Å². The minimum absolute atomic E-state index is 0.336. The summed E-state index contributed by atoms with van der Waals surface area (Å²) in [6.07, 6.45) is -13.7. The van der Waals surface area contributed by atoms with Crippen molar-refractivity contribution in [2.24, 2.45) is 0 Å². The zero-order valence-corrected chi connectivity index (χ0v) is 50.4. The van der Waals surface area contributed by atoms with Crippen molar-refractivity contribution < 1.29 is 114 Å². The van der Waals surface area contributed by atoms with Crippen molar-refractivity contribution in [2.45, 2.75) is 117 Å². The van der Waals surface area contributed by atoms with Crippen molar-refractivity contribution in [1.29, 1.82) is 0 Å². The molecular formula is C62H67NO24. The first-order valence-electron chi connectivity index (χ1n) is 26.6. The smallest absolute Gasteiger partial charge is 0.303 e. The molecule has 0 N–H and O–H groups in total. The van der Waals surface area contributed by atoms with Crippen LogP contribution in [-0.4, -0.2) is 178 Å². The maximum Gasteiger partial charge on any atom is 0.303 e. The second kappa shape index (κ2) is 32.7. The fraction of sp³-hybridized carbons (Fsp3) is 0.452. The summed E-state index contributed by atoms with van der Waals surface area (Å²) < 4.78 is 89.6. The minimum atomic E-state index is -1.44. The van der Waals surface area contributed by atoms with Gasteiger partial charge in [0.05, 0.1) is 56.4 Å². The van der Waals surface area contributed by atoms with Crippen LogP contribution in [0.4, 0.5) is 5.69 Å². The first-order chi connectivity index (χ1) is 41.4. The van der Waals surface area contributed by atoms with Crippen LogP contribution in [0.15, 0.2) is 42.5 Å². The van der Waals surface area contributed by atoms with Crippen molar-refractivity contribution in [3.05, 3.63) is 75.8 Å². The average Bonchev–Trinajstić information content (AvgIpc) is 1.01. The molecule has 10 atom stereocenters. The number of hydrogen-bond donors (Lipinski definition) is 0. The zero-order chi connectivity index (χ0) is 64.1. The number of rotatable bonds is 19. The molecule has 0 spiro atoms. The van der Waals surface area contributed by atoms with Crippen LogP contribution in [0, 0.1) is 47.4 Å². The molecule has 2 saturated heterocycles. The van der Waals surface area contributed by atoms with E-state index in [-0.39, 0.29) is 13.2 Å². The Kier molecular flexibility index (Phi) is 25.7. The van der Waals surface area contributed by atoms with E-state index in [1.54, 1.807) is 30.3 Å². The Labute approximate surface area is 502 Å². The summed E-state index contributed by atoms with van der Waals surface area (Å²) >= 11 is 0. The number of hydrogen-bond acceptors (Lipinski definition) is 25. The molecule has 3 aromatic rings. The van der Waals surface area contributed by atoms with Crippen LogP contribution in [-0.2, 0) is 95.2 Å². The van der Waals surface area contributed by atoms with E-state index in [4.69, 9.17) is 75.8 Å². The van der Waals surface area contributed by atoms with Gasteiger partial charge in [0.15, 0.2) is 49.2 Å². The summed E-state index contributed by atoms with van der Waals surface area (Å²) in [6.45, 7) is 7.47. The van der Waals surface area contributed by atoms with Gasteiger partial charge >= 0.3 is 47.8 Å². The van der Waals surface area contributed by atoms with Crippen LogP contribution in [0.2, 0.25) is 0 Å². The van der Waals surface area contributed by atoms with E-state index in [9.17, 15) is 38.4 Å². The van der Waals surface area contributed by atoms with Crippen LogP contribution in [0.3, 0.4) is 0 Å². The molecular weight excluding hydrogens is 1140 g/mol. The van der Waals surface area contributed by atoms with Crippen LogP contribution >= 0.6 is 0 Å². The third-order valence-corrected chi connectivity index (χ3v) is 12.2. The molecule has 87 heavy (non-hydrogen) atoms.